The average molecular weight is 200 g/mol. The molecule has 0 aliphatic heterocycles. The van der Waals surface area contributed by atoms with E-state index in [1.165, 1.54) is 6.33 Å². The number of H-pyrrole nitrogens is 1. The molecule has 0 bridgehead atoms. The van der Waals surface area contributed by atoms with E-state index < -0.39 is 0 Å². The molecule has 8 nitrogen and oxygen atoms in total. The van der Waals surface area contributed by atoms with Crippen LogP contribution in [0.3, 0.4) is 0 Å². The Morgan fingerprint density at radius 2 is 2.20 bits per heavy atom. The smallest absolute Gasteiger partial charge is 0.206 e. The minimum Gasteiger partial charge on any atom is -0.381 e. The molecule has 8 heteroatoms. The number of hydrogen-bond acceptors (Lipinski definition) is 6. The van der Waals surface area contributed by atoms with Crippen LogP contribution in [0.15, 0.2) is 6.33 Å². The number of aromatic nitrogens is 5. The number of nitrogens with two attached hydrogens (primary N) is 1. The molecule has 0 amide bonds. The lowest BCUT2D eigenvalue weighted by Gasteiger charge is -1.96. The first kappa shape index (κ1) is 8.72. The number of anilines is 1. The molecule has 0 aliphatic rings. The average Bonchev–Trinajstić information content (AvgIpc) is 2.83. The molecule has 2 aromatic heterocycles. The summed E-state index contributed by atoms with van der Waals surface area (Å²) < 4.78 is 1.13. The number of imidazole rings is 1. The molecule has 0 aromatic carbocycles. The van der Waals surface area contributed by atoms with Crippen molar-refractivity contribution in [1.82, 2.24) is 25.0 Å². The highest BCUT2D eigenvalue weighted by molar-refractivity contribution is 5.50. The van der Waals surface area contributed by atoms with Gasteiger partial charge in [-0.2, -0.15) is 15.2 Å². The monoisotopic (exact) mass is 200 g/mol. The molecule has 0 saturated heterocycles. The number of hydrogen-bond donors (Lipinski definition) is 2. The molecule has 0 saturated carbocycles. The number of nitrogens with one attached hydrogen (secondary N) is 1. The number of nitrogen functional groups attached to an aromatic ring is 1. The third-order valence-electron chi connectivity index (χ3n) is 1.74. The highest BCUT2D eigenvalue weighted by Gasteiger charge is 2.15. The van der Waals surface area contributed by atoms with Gasteiger partial charge >= 0.3 is 0 Å². The molecular weight excluding hydrogens is 196 g/mol. The normalized spacial score (nSPS) is 9.47. The highest BCUT2D eigenvalue weighted by Crippen LogP contribution is 2.14. The van der Waals surface area contributed by atoms with E-state index in [0.717, 1.165) is 4.68 Å². The molecule has 0 radical (unpaired) electrons. The first-order valence-corrected chi connectivity index (χ1v) is 3.83. The third kappa shape index (κ3) is 1.17. The molecule has 0 atom stereocenters. The van der Waals surface area contributed by atoms with Gasteiger partial charge in [0, 0.05) is 0 Å². The fourth-order valence-corrected chi connectivity index (χ4v) is 1.06. The van der Waals surface area contributed by atoms with E-state index in [1.807, 2.05) is 6.07 Å². The number of rotatable bonds is 1. The zero-order chi connectivity index (χ0) is 10.8. The van der Waals surface area contributed by atoms with E-state index in [9.17, 15) is 0 Å². The van der Waals surface area contributed by atoms with Gasteiger partial charge in [-0.15, -0.1) is 5.10 Å². The number of aromatic amines is 1. The largest absolute Gasteiger partial charge is 0.381 e. The van der Waals surface area contributed by atoms with E-state index in [-0.39, 0.29) is 23.0 Å². The van der Waals surface area contributed by atoms with Crippen molar-refractivity contribution in [2.75, 3.05) is 5.73 Å². The van der Waals surface area contributed by atoms with Gasteiger partial charge in [0.1, 0.15) is 12.1 Å². The predicted molar refractivity (Wildman–Crippen MR) is 47.3 cm³/mol. The molecule has 0 spiro atoms. The summed E-state index contributed by atoms with van der Waals surface area (Å²) in [5.41, 5.74) is 5.79. The Morgan fingerprint density at radius 1 is 1.40 bits per heavy atom. The van der Waals surface area contributed by atoms with Crippen LogP contribution in [0.25, 0.3) is 5.82 Å². The summed E-state index contributed by atoms with van der Waals surface area (Å²) in [7, 11) is 0. The van der Waals surface area contributed by atoms with Crippen molar-refractivity contribution in [1.29, 1.82) is 10.5 Å². The van der Waals surface area contributed by atoms with Gasteiger partial charge in [0.05, 0.1) is 6.33 Å². The molecule has 15 heavy (non-hydrogen) atoms. The lowest BCUT2D eigenvalue weighted by Crippen LogP contribution is -2.04. The summed E-state index contributed by atoms with van der Waals surface area (Å²) in [4.78, 5) is 6.47. The van der Waals surface area contributed by atoms with Crippen LogP contribution in [-0.2, 0) is 0 Å². The SMILES string of the molecule is N#Cc1nnn(-c2nc[nH]c2C#N)c1N. The van der Waals surface area contributed by atoms with Crippen LogP contribution in [0.5, 0.6) is 0 Å². The van der Waals surface area contributed by atoms with Crippen molar-refractivity contribution in [2.24, 2.45) is 0 Å². The maximum absolute atomic E-state index is 8.73. The minimum atomic E-state index is 0.00175. The van der Waals surface area contributed by atoms with Gasteiger partial charge in [0.25, 0.3) is 0 Å². The van der Waals surface area contributed by atoms with Crippen LogP contribution >= 0.6 is 0 Å². The van der Waals surface area contributed by atoms with Crippen LogP contribution < -0.4 is 5.73 Å². The maximum Gasteiger partial charge on any atom is 0.206 e. The first-order valence-electron chi connectivity index (χ1n) is 3.83. The lowest BCUT2D eigenvalue weighted by atomic mass is 10.4. The number of nitriles is 2. The molecule has 0 aliphatic carbocycles. The molecule has 2 aromatic rings. The van der Waals surface area contributed by atoms with Crippen LogP contribution in [0.4, 0.5) is 5.82 Å². The van der Waals surface area contributed by atoms with Crippen LogP contribution in [0.2, 0.25) is 0 Å². The Labute approximate surface area is 83.6 Å². The van der Waals surface area contributed by atoms with Gasteiger partial charge in [-0.1, -0.05) is 5.21 Å². The molecule has 72 valence electrons. The predicted octanol–water partition coefficient (Wildman–Crippen LogP) is -0.684. The standard InChI is InChI=1S/C7H4N8/c8-1-4-6(10)15(14-13-4)7-5(2-9)11-3-12-7/h3H,10H2,(H,11,12). The summed E-state index contributed by atoms with van der Waals surface area (Å²) in [6, 6.07) is 3.66. The van der Waals surface area contributed by atoms with Crippen molar-refractivity contribution in [3.05, 3.63) is 17.7 Å². The van der Waals surface area contributed by atoms with Crippen molar-refractivity contribution >= 4 is 5.82 Å². The summed E-state index contributed by atoms with van der Waals surface area (Å²) in [5, 5.41) is 24.5. The molecular formula is C7H4N8. The molecule has 2 heterocycles. The zero-order valence-electron chi connectivity index (χ0n) is 7.34. The summed E-state index contributed by atoms with van der Waals surface area (Å²) in [6.07, 6.45) is 1.33. The van der Waals surface area contributed by atoms with E-state index in [2.05, 4.69) is 20.3 Å². The molecule has 3 N–H and O–H groups in total. The Balaban J connectivity index is 2.62. The van der Waals surface area contributed by atoms with Crippen molar-refractivity contribution in [3.8, 4) is 18.0 Å². The Kier molecular flexibility index (Phi) is 1.81. The highest BCUT2D eigenvalue weighted by atomic mass is 15.5. The lowest BCUT2D eigenvalue weighted by molar-refractivity contribution is 0.789. The summed E-state index contributed by atoms with van der Waals surface area (Å²) in [5.74, 6) is 0.283. The second-order valence-electron chi connectivity index (χ2n) is 2.56. The van der Waals surface area contributed by atoms with E-state index >= 15 is 0 Å². The first-order chi connectivity index (χ1) is 7.27. The van der Waals surface area contributed by atoms with Crippen molar-refractivity contribution in [3.63, 3.8) is 0 Å². The van der Waals surface area contributed by atoms with Crippen molar-refractivity contribution in [2.45, 2.75) is 0 Å². The zero-order valence-corrected chi connectivity index (χ0v) is 7.34. The number of nitrogens with zero attached hydrogens (tertiary/aromatic N) is 6. The van der Waals surface area contributed by atoms with E-state index in [4.69, 9.17) is 16.3 Å². The van der Waals surface area contributed by atoms with Crippen LogP contribution in [0.1, 0.15) is 11.4 Å². The van der Waals surface area contributed by atoms with Gasteiger partial charge in [-0.3, -0.25) is 0 Å². The third-order valence-corrected chi connectivity index (χ3v) is 1.74. The topological polar surface area (TPSA) is 133 Å². The molecule has 0 unspecified atom stereocenters. The fourth-order valence-electron chi connectivity index (χ4n) is 1.06. The van der Waals surface area contributed by atoms with Gasteiger partial charge in [-0.05, 0) is 0 Å². The van der Waals surface area contributed by atoms with Crippen molar-refractivity contribution < 1.29 is 0 Å². The Morgan fingerprint density at radius 3 is 2.80 bits per heavy atom. The van der Waals surface area contributed by atoms with E-state index in [0.29, 0.717) is 0 Å². The van der Waals surface area contributed by atoms with Gasteiger partial charge < -0.3 is 10.7 Å². The Bertz CT molecular complexity index is 577. The summed E-state index contributed by atoms with van der Waals surface area (Å²) in [6.45, 7) is 0. The molecule has 2 rings (SSSR count). The Hall–Kier alpha value is -2.87. The quantitative estimate of drug-likeness (QED) is 0.626. The summed E-state index contributed by atoms with van der Waals surface area (Å²) >= 11 is 0. The second kappa shape index (κ2) is 3.12. The second-order valence-corrected chi connectivity index (χ2v) is 2.56. The van der Waals surface area contributed by atoms with Gasteiger partial charge in [-0.25, -0.2) is 4.98 Å². The van der Waals surface area contributed by atoms with Gasteiger partial charge in [0.15, 0.2) is 17.3 Å². The molecule has 0 fully saturated rings. The van der Waals surface area contributed by atoms with E-state index in [1.54, 1.807) is 6.07 Å². The maximum atomic E-state index is 8.73. The van der Waals surface area contributed by atoms with Gasteiger partial charge in [0.2, 0.25) is 5.69 Å². The fraction of sp³-hybridized carbons (Fsp3) is 0. The van der Waals surface area contributed by atoms with Crippen LogP contribution in [-0.4, -0.2) is 25.0 Å². The minimum absolute atomic E-state index is 0.00175. The van der Waals surface area contributed by atoms with Crippen LogP contribution in [0, 0.1) is 22.7 Å².